The summed E-state index contributed by atoms with van der Waals surface area (Å²) < 4.78 is 27.0. The van der Waals surface area contributed by atoms with Gasteiger partial charge in [0.2, 0.25) is 10.0 Å². The van der Waals surface area contributed by atoms with E-state index in [1.807, 2.05) is 0 Å². The molecule has 5 nitrogen and oxygen atoms in total. The molecule has 0 fully saturated rings. The fraction of sp³-hybridized carbons (Fsp3) is 0.600. The van der Waals surface area contributed by atoms with E-state index < -0.39 is 10.0 Å². The summed E-state index contributed by atoms with van der Waals surface area (Å²) >= 11 is 0. The molecule has 0 saturated heterocycles. The summed E-state index contributed by atoms with van der Waals surface area (Å²) in [6, 6.07) is 6.87. The molecule has 0 saturated carbocycles. The molecular formula is C15H27N3O2S. The molecule has 0 aromatic heterocycles. The largest absolute Gasteiger partial charge is 0.385 e. The van der Waals surface area contributed by atoms with Crippen LogP contribution in [0.5, 0.6) is 0 Å². The van der Waals surface area contributed by atoms with Gasteiger partial charge >= 0.3 is 0 Å². The van der Waals surface area contributed by atoms with Gasteiger partial charge in [0, 0.05) is 25.3 Å². The number of nitrogens with one attached hydrogen (secondary N) is 2. The molecule has 2 N–H and O–H groups in total. The van der Waals surface area contributed by atoms with E-state index in [-0.39, 0.29) is 0 Å². The van der Waals surface area contributed by atoms with Crippen LogP contribution in [0.15, 0.2) is 29.2 Å². The van der Waals surface area contributed by atoms with Crippen molar-refractivity contribution in [1.82, 2.24) is 9.62 Å². The van der Waals surface area contributed by atoms with E-state index in [2.05, 4.69) is 35.7 Å². The number of nitrogens with zero attached hydrogens (tertiary/aromatic N) is 1. The summed E-state index contributed by atoms with van der Waals surface area (Å²) in [4.78, 5) is 2.49. The SMILES string of the molecule is CCCNc1ccc(S(=O)(=O)NCCN(CC)CC)cc1. The lowest BCUT2D eigenvalue weighted by Crippen LogP contribution is -2.34. The van der Waals surface area contributed by atoms with Crippen molar-refractivity contribution in [3.8, 4) is 0 Å². The Morgan fingerprint density at radius 2 is 1.62 bits per heavy atom. The van der Waals surface area contributed by atoms with Crippen molar-refractivity contribution in [3.05, 3.63) is 24.3 Å². The second-order valence-corrected chi connectivity index (χ2v) is 6.64. The molecule has 1 rings (SSSR count). The van der Waals surface area contributed by atoms with Crippen molar-refractivity contribution < 1.29 is 8.42 Å². The first kappa shape index (κ1) is 17.9. The Kier molecular flexibility index (Phi) is 7.71. The number of hydrogen-bond acceptors (Lipinski definition) is 4. The quantitative estimate of drug-likeness (QED) is 0.695. The molecule has 0 aliphatic heterocycles. The minimum absolute atomic E-state index is 0.309. The van der Waals surface area contributed by atoms with E-state index in [4.69, 9.17) is 0 Å². The average molecular weight is 313 g/mol. The number of likely N-dealkylation sites (N-methyl/N-ethyl adjacent to an activating group) is 1. The molecule has 0 spiro atoms. The monoisotopic (exact) mass is 313 g/mol. The van der Waals surface area contributed by atoms with E-state index in [0.29, 0.717) is 11.4 Å². The van der Waals surface area contributed by atoms with E-state index in [1.54, 1.807) is 24.3 Å². The minimum Gasteiger partial charge on any atom is -0.385 e. The van der Waals surface area contributed by atoms with Crippen LogP contribution in [0.1, 0.15) is 27.2 Å². The molecule has 0 bridgehead atoms. The lowest BCUT2D eigenvalue weighted by Gasteiger charge is -2.18. The summed E-state index contributed by atoms with van der Waals surface area (Å²) in [6.07, 6.45) is 1.03. The predicted molar refractivity (Wildman–Crippen MR) is 88.2 cm³/mol. The summed E-state index contributed by atoms with van der Waals surface area (Å²) in [5, 5.41) is 3.22. The van der Waals surface area contributed by atoms with Crippen LogP contribution in [-0.4, -0.2) is 46.0 Å². The smallest absolute Gasteiger partial charge is 0.240 e. The fourth-order valence-corrected chi connectivity index (χ4v) is 3.00. The Balaban J connectivity index is 2.57. The highest BCUT2D eigenvalue weighted by molar-refractivity contribution is 7.89. The molecule has 0 heterocycles. The third-order valence-electron chi connectivity index (χ3n) is 3.36. The van der Waals surface area contributed by atoms with Gasteiger partial charge in [-0.15, -0.1) is 0 Å². The van der Waals surface area contributed by atoms with Crippen LogP contribution in [0.3, 0.4) is 0 Å². The van der Waals surface area contributed by atoms with E-state index in [1.165, 1.54) is 0 Å². The van der Waals surface area contributed by atoms with Gasteiger partial charge in [-0.05, 0) is 43.8 Å². The van der Waals surface area contributed by atoms with Gasteiger partial charge in [-0.2, -0.15) is 0 Å². The Bertz CT molecular complexity index is 496. The molecule has 0 atom stereocenters. The zero-order valence-electron chi connectivity index (χ0n) is 13.2. The summed E-state index contributed by atoms with van der Waals surface area (Å²) in [5.41, 5.74) is 0.943. The molecule has 0 aliphatic carbocycles. The molecule has 21 heavy (non-hydrogen) atoms. The topological polar surface area (TPSA) is 61.4 Å². The van der Waals surface area contributed by atoms with E-state index >= 15 is 0 Å². The number of rotatable bonds is 10. The standard InChI is InChI=1S/C15H27N3O2S/c1-4-11-16-14-7-9-15(10-8-14)21(19,20)17-12-13-18(5-2)6-3/h7-10,16-17H,4-6,11-13H2,1-3H3. The van der Waals surface area contributed by atoms with Crippen molar-refractivity contribution in [1.29, 1.82) is 0 Å². The van der Waals surface area contributed by atoms with Gasteiger partial charge < -0.3 is 10.2 Å². The lowest BCUT2D eigenvalue weighted by atomic mass is 10.3. The van der Waals surface area contributed by atoms with Crippen molar-refractivity contribution in [2.24, 2.45) is 0 Å². The number of anilines is 1. The molecule has 0 amide bonds. The van der Waals surface area contributed by atoms with Gasteiger partial charge in [0.25, 0.3) is 0 Å². The Morgan fingerprint density at radius 1 is 1.00 bits per heavy atom. The maximum absolute atomic E-state index is 12.2. The highest BCUT2D eigenvalue weighted by Crippen LogP contribution is 2.13. The van der Waals surface area contributed by atoms with Gasteiger partial charge in [-0.1, -0.05) is 20.8 Å². The molecule has 0 unspecified atom stereocenters. The van der Waals surface area contributed by atoms with Gasteiger partial charge in [-0.3, -0.25) is 0 Å². The Morgan fingerprint density at radius 3 is 2.14 bits per heavy atom. The number of hydrogen-bond donors (Lipinski definition) is 2. The maximum atomic E-state index is 12.2. The molecular weight excluding hydrogens is 286 g/mol. The summed E-state index contributed by atoms with van der Waals surface area (Å²) in [5.74, 6) is 0. The number of benzene rings is 1. The highest BCUT2D eigenvalue weighted by atomic mass is 32.2. The summed E-state index contributed by atoms with van der Waals surface area (Å²) in [7, 11) is -3.41. The minimum atomic E-state index is -3.41. The molecule has 6 heteroatoms. The third-order valence-corrected chi connectivity index (χ3v) is 4.84. The molecule has 0 radical (unpaired) electrons. The van der Waals surface area contributed by atoms with Crippen LogP contribution in [0.25, 0.3) is 0 Å². The third kappa shape index (κ3) is 6.03. The molecule has 0 aliphatic rings. The van der Waals surface area contributed by atoms with E-state index in [0.717, 1.165) is 38.3 Å². The Labute approximate surface area is 128 Å². The first-order chi connectivity index (χ1) is 10.0. The highest BCUT2D eigenvalue weighted by Gasteiger charge is 2.13. The van der Waals surface area contributed by atoms with Crippen LogP contribution in [0.2, 0.25) is 0 Å². The molecule has 1 aromatic rings. The van der Waals surface area contributed by atoms with E-state index in [9.17, 15) is 8.42 Å². The van der Waals surface area contributed by atoms with Crippen LogP contribution in [0, 0.1) is 0 Å². The van der Waals surface area contributed by atoms with Gasteiger partial charge in [0.05, 0.1) is 4.90 Å². The number of sulfonamides is 1. The van der Waals surface area contributed by atoms with Crippen LogP contribution in [-0.2, 0) is 10.0 Å². The van der Waals surface area contributed by atoms with Crippen molar-refractivity contribution >= 4 is 15.7 Å². The normalized spacial score (nSPS) is 11.8. The van der Waals surface area contributed by atoms with Gasteiger partial charge in [0.15, 0.2) is 0 Å². The van der Waals surface area contributed by atoms with Crippen molar-refractivity contribution in [2.75, 3.05) is 38.0 Å². The first-order valence-electron chi connectivity index (χ1n) is 7.59. The average Bonchev–Trinajstić information content (AvgIpc) is 2.50. The van der Waals surface area contributed by atoms with Crippen LogP contribution in [0.4, 0.5) is 5.69 Å². The first-order valence-corrected chi connectivity index (χ1v) is 9.07. The second-order valence-electron chi connectivity index (χ2n) is 4.88. The lowest BCUT2D eigenvalue weighted by molar-refractivity contribution is 0.309. The van der Waals surface area contributed by atoms with Gasteiger partial charge in [-0.25, -0.2) is 13.1 Å². The van der Waals surface area contributed by atoms with Crippen LogP contribution < -0.4 is 10.0 Å². The zero-order valence-corrected chi connectivity index (χ0v) is 14.0. The summed E-state index contributed by atoms with van der Waals surface area (Å²) in [6.45, 7) is 10.1. The van der Waals surface area contributed by atoms with Crippen LogP contribution >= 0.6 is 0 Å². The second kappa shape index (κ2) is 9.02. The van der Waals surface area contributed by atoms with Crippen molar-refractivity contribution in [3.63, 3.8) is 0 Å². The molecule has 120 valence electrons. The maximum Gasteiger partial charge on any atom is 0.240 e. The zero-order chi connectivity index (χ0) is 15.7. The Hall–Kier alpha value is -1.11. The van der Waals surface area contributed by atoms with Crippen molar-refractivity contribution in [2.45, 2.75) is 32.1 Å². The van der Waals surface area contributed by atoms with Gasteiger partial charge in [0.1, 0.15) is 0 Å². The molecule has 1 aromatic carbocycles. The predicted octanol–water partition coefficient (Wildman–Crippen LogP) is 2.13. The fourth-order valence-electron chi connectivity index (χ4n) is 1.98.